The van der Waals surface area contributed by atoms with E-state index in [2.05, 4.69) is 30.6 Å². The number of imidazole rings is 1. The number of halogens is 3. The van der Waals surface area contributed by atoms with Gasteiger partial charge in [0.15, 0.2) is 11.4 Å². The molecule has 0 saturated heterocycles. The Morgan fingerprint density at radius 2 is 1.94 bits per heavy atom. The summed E-state index contributed by atoms with van der Waals surface area (Å²) < 4.78 is 42.1. The Morgan fingerprint density at radius 3 is 2.58 bits per heavy atom. The van der Waals surface area contributed by atoms with Crippen molar-refractivity contribution in [2.75, 3.05) is 34.8 Å². The number of hydrogen-bond acceptors (Lipinski definition) is 10. The lowest BCUT2D eigenvalue weighted by atomic mass is 10.0. The molecule has 31 heavy (non-hydrogen) atoms. The van der Waals surface area contributed by atoms with E-state index in [1.54, 1.807) is 19.2 Å². The number of nitrogens with zero attached hydrogens (tertiary/aromatic N) is 5. The van der Waals surface area contributed by atoms with Crippen molar-refractivity contribution < 1.29 is 22.5 Å². The molecule has 0 saturated carbocycles. The number of fused-ring (bicyclic) bond motifs is 1. The summed E-state index contributed by atoms with van der Waals surface area (Å²) in [5, 5.41) is 18.3. The summed E-state index contributed by atoms with van der Waals surface area (Å²) in [4.78, 5) is 10.6. The van der Waals surface area contributed by atoms with Gasteiger partial charge in [-0.15, -0.1) is 9.32 Å². The number of hydrogen-bond donors (Lipinski definition) is 3. The fourth-order valence-corrected chi connectivity index (χ4v) is 3.21. The fraction of sp³-hybridized carbons (Fsp3) is 0.353. The van der Waals surface area contributed by atoms with Crippen LogP contribution >= 0.6 is 12.0 Å². The molecule has 0 fully saturated rings. The number of anilines is 4. The zero-order valence-electron chi connectivity index (χ0n) is 16.4. The van der Waals surface area contributed by atoms with Crippen LogP contribution in [-0.4, -0.2) is 28.7 Å². The molecule has 1 aromatic heterocycles. The van der Waals surface area contributed by atoms with Gasteiger partial charge in [0.05, 0.1) is 11.4 Å². The number of alkyl halides is 3. The SMILES string of the molecule is CN1CCCc2cc(NNc3nc(C#N)c(C#N)n3C)c(NOOSC(F)(F)F)cc21. The first-order valence-electron chi connectivity index (χ1n) is 8.84. The molecule has 3 rings (SSSR count). The lowest BCUT2D eigenvalue weighted by Gasteiger charge is -2.29. The first-order chi connectivity index (χ1) is 14.7. The summed E-state index contributed by atoms with van der Waals surface area (Å²) in [6.45, 7) is 0.833. The zero-order valence-corrected chi connectivity index (χ0v) is 17.2. The predicted octanol–water partition coefficient (Wildman–Crippen LogP) is 3.43. The van der Waals surface area contributed by atoms with E-state index in [9.17, 15) is 18.4 Å². The Kier molecular flexibility index (Phi) is 6.65. The van der Waals surface area contributed by atoms with E-state index in [0.717, 1.165) is 30.6 Å². The van der Waals surface area contributed by atoms with Crippen LogP contribution in [0.1, 0.15) is 23.4 Å². The topological polar surface area (TPSA) is 123 Å². The Balaban J connectivity index is 1.82. The summed E-state index contributed by atoms with van der Waals surface area (Å²) in [6, 6.07) is 7.25. The standard InChI is InChI=1S/C17H17F3N8O2S/c1-27-5-3-4-10-6-11(12(7-14(10)27)26-29-30-31-17(18,19)20)24-25-16-23-13(8-21)15(9-22)28(16)2/h6-7,24,26H,3-5H2,1-2H3,(H,23,25). The maximum absolute atomic E-state index is 12.2. The van der Waals surface area contributed by atoms with Crippen molar-refractivity contribution in [1.82, 2.24) is 9.55 Å². The second-order valence-corrected chi connectivity index (χ2v) is 7.27. The number of benzene rings is 1. The molecule has 1 aliphatic heterocycles. The van der Waals surface area contributed by atoms with Crippen LogP contribution in [0.2, 0.25) is 0 Å². The third-order valence-corrected chi connectivity index (χ3v) is 4.82. The summed E-state index contributed by atoms with van der Waals surface area (Å²) in [7, 11) is 3.47. The van der Waals surface area contributed by atoms with Crippen molar-refractivity contribution in [3.05, 3.63) is 29.1 Å². The molecule has 0 spiro atoms. The van der Waals surface area contributed by atoms with E-state index < -0.39 is 17.6 Å². The van der Waals surface area contributed by atoms with E-state index in [-0.39, 0.29) is 23.0 Å². The molecule has 0 aliphatic carbocycles. The molecule has 0 radical (unpaired) electrons. The molecule has 0 bridgehead atoms. The van der Waals surface area contributed by atoms with Gasteiger partial charge in [0, 0.05) is 26.3 Å². The molecule has 0 atom stereocenters. The molecule has 2 heterocycles. The summed E-state index contributed by atoms with van der Waals surface area (Å²) in [5.74, 6) is 0.193. The van der Waals surface area contributed by atoms with Gasteiger partial charge in [-0.25, -0.2) is 5.48 Å². The van der Waals surface area contributed by atoms with Gasteiger partial charge in [0.1, 0.15) is 24.2 Å². The Bertz CT molecular complexity index is 1040. The van der Waals surface area contributed by atoms with Crippen LogP contribution in [0.25, 0.3) is 0 Å². The normalized spacial score (nSPS) is 13.2. The van der Waals surface area contributed by atoms with Crippen molar-refractivity contribution in [2.24, 2.45) is 7.05 Å². The van der Waals surface area contributed by atoms with Gasteiger partial charge < -0.3 is 9.47 Å². The van der Waals surface area contributed by atoms with Crippen molar-refractivity contribution in [1.29, 1.82) is 10.5 Å². The van der Waals surface area contributed by atoms with Crippen molar-refractivity contribution in [2.45, 2.75) is 18.3 Å². The van der Waals surface area contributed by atoms with Gasteiger partial charge in [-0.05, 0) is 30.5 Å². The smallest absolute Gasteiger partial charge is 0.374 e. The average molecular weight is 454 g/mol. The molecule has 14 heteroatoms. The highest BCUT2D eigenvalue weighted by Gasteiger charge is 2.31. The first-order valence-corrected chi connectivity index (χ1v) is 9.58. The van der Waals surface area contributed by atoms with Gasteiger partial charge in [0.2, 0.25) is 5.95 Å². The average Bonchev–Trinajstić information content (AvgIpc) is 3.04. The number of aryl methyl sites for hydroxylation is 1. The van der Waals surface area contributed by atoms with Crippen molar-refractivity contribution in [3.8, 4) is 12.1 Å². The third-order valence-electron chi connectivity index (χ3n) is 4.50. The van der Waals surface area contributed by atoms with E-state index in [0.29, 0.717) is 5.69 Å². The maximum Gasteiger partial charge on any atom is 0.471 e. The predicted molar refractivity (Wildman–Crippen MR) is 107 cm³/mol. The number of nitriles is 2. The Labute approximate surface area is 179 Å². The lowest BCUT2D eigenvalue weighted by molar-refractivity contribution is -0.173. The van der Waals surface area contributed by atoms with Crippen molar-refractivity contribution in [3.63, 3.8) is 0 Å². The molecular weight excluding hydrogens is 437 g/mol. The molecule has 1 aliphatic rings. The van der Waals surface area contributed by atoms with Crippen LogP contribution in [-0.2, 0) is 22.8 Å². The molecule has 2 aromatic rings. The van der Waals surface area contributed by atoms with Crippen LogP contribution in [0.5, 0.6) is 0 Å². The molecule has 164 valence electrons. The zero-order chi connectivity index (χ0) is 22.6. The highest BCUT2D eigenvalue weighted by molar-refractivity contribution is 7.95. The highest BCUT2D eigenvalue weighted by Crippen LogP contribution is 2.36. The van der Waals surface area contributed by atoms with Gasteiger partial charge in [-0.2, -0.15) is 28.7 Å². The Morgan fingerprint density at radius 1 is 1.16 bits per heavy atom. The third kappa shape index (κ3) is 5.24. The van der Waals surface area contributed by atoms with Crippen LogP contribution in [0.4, 0.5) is 36.2 Å². The second-order valence-electron chi connectivity index (χ2n) is 6.50. The molecule has 10 nitrogen and oxygen atoms in total. The number of rotatable bonds is 7. The minimum atomic E-state index is -4.62. The summed E-state index contributed by atoms with van der Waals surface area (Å²) in [5.41, 5.74) is 6.07. The molecular formula is C17H17F3N8O2S. The van der Waals surface area contributed by atoms with E-state index in [1.807, 2.05) is 24.1 Å². The lowest BCUT2D eigenvalue weighted by Crippen LogP contribution is -2.25. The molecule has 3 N–H and O–H groups in total. The highest BCUT2D eigenvalue weighted by atomic mass is 32.2. The van der Waals surface area contributed by atoms with Crippen molar-refractivity contribution >= 4 is 35.1 Å². The first kappa shape index (κ1) is 22.4. The monoisotopic (exact) mass is 454 g/mol. The number of hydrazine groups is 1. The van der Waals surface area contributed by atoms with Crippen LogP contribution in [0.3, 0.4) is 0 Å². The molecule has 0 amide bonds. The summed E-state index contributed by atoms with van der Waals surface area (Å²) in [6.07, 6.45) is 1.76. The largest absolute Gasteiger partial charge is 0.471 e. The molecule has 0 unspecified atom stereocenters. The van der Waals surface area contributed by atoms with E-state index >= 15 is 0 Å². The minimum Gasteiger partial charge on any atom is -0.374 e. The minimum absolute atomic E-state index is 0.0411. The van der Waals surface area contributed by atoms with Gasteiger partial charge in [-0.3, -0.25) is 10.9 Å². The van der Waals surface area contributed by atoms with Crippen LogP contribution in [0, 0.1) is 22.7 Å². The van der Waals surface area contributed by atoms with Gasteiger partial charge in [0.25, 0.3) is 0 Å². The summed E-state index contributed by atoms with van der Waals surface area (Å²) >= 11 is -0.796. The van der Waals surface area contributed by atoms with E-state index in [4.69, 9.17) is 5.26 Å². The maximum atomic E-state index is 12.2. The van der Waals surface area contributed by atoms with Gasteiger partial charge >= 0.3 is 5.51 Å². The fourth-order valence-electron chi connectivity index (χ4n) is 3.06. The number of aromatic nitrogens is 2. The quantitative estimate of drug-likeness (QED) is 0.248. The second kappa shape index (κ2) is 9.22. The van der Waals surface area contributed by atoms with Gasteiger partial charge in [-0.1, -0.05) is 0 Å². The van der Waals surface area contributed by atoms with Crippen LogP contribution in [0.15, 0.2) is 12.1 Å². The molecule has 1 aromatic carbocycles. The number of nitrogens with one attached hydrogen (secondary N) is 3. The van der Waals surface area contributed by atoms with Crippen LogP contribution < -0.4 is 21.2 Å². The Hall–Kier alpha value is -3.33. The van der Waals surface area contributed by atoms with E-state index in [1.165, 1.54) is 4.57 Å².